The summed E-state index contributed by atoms with van der Waals surface area (Å²) in [5.74, 6) is 0.222. The average Bonchev–Trinajstić information content (AvgIpc) is 3.82. The topological polar surface area (TPSA) is 61.7 Å². The number of allylic oxidation sites excluding steroid dienone is 1. The molecule has 4 heteroatoms. The first-order valence-electron chi connectivity index (χ1n) is 13.3. The highest BCUT2D eigenvalue weighted by Gasteiger charge is 2.29. The summed E-state index contributed by atoms with van der Waals surface area (Å²) in [5.41, 5.74) is 9.02. The number of phenols is 1. The van der Waals surface area contributed by atoms with E-state index in [4.69, 9.17) is 4.84 Å². The first kappa shape index (κ1) is 24.6. The smallest absolute Gasteiger partial charge is 0.130 e. The van der Waals surface area contributed by atoms with Gasteiger partial charge in [0.2, 0.25) is 0 Å². The number of hydrogen-bond donors (Lipinski definition) is 3. The fourth-order valence-corrected chi connectivity index (χ4v) is 5.68. The molecule has 1 aliphatic heterocycles. The van der Waals surface area contributed by atoms with Crippen molar-refractivity contribution in [1.82, 2.24) is 5.48 Å². The zero-order chi connectivity index (χ0) is 26.9. The van der Waals surface area contributed by atoms with Gasteiger partial charge in [0, 0.05) is 10.8 Å². The third-order valence-electron chi connectivity index (χ3n) is 7.69. The van der Waals surface area contributed by atoms with Gasteiger partial charge in [-0.1, -0.05) is 97.6 Å². The van der Waals surface area contributed by atoms with Crippen LogP contribution >= 0.6 is 0 Å². The van der Waals surface area contributed by atoms with Crippen LogP contribution in [-0.4, -0.2) is 10.2 Å². The molecule has 4 nitrogen and oxygen atoms in total. The number of aliphatic hydroxyl groups excluding tert-OH is 1. The SMILES string of the molecule is C=C(O)/C(=c1/cccc(C2CC2)/c1=C/C)C(C1=c2cccc(O)c2=CON1)c1ccc(-c2ccccc2)cc1. The second-order valence-corrected chi connectivity index (χ2v) is 10.1. The lowest BCUT2D eigenvalue weighted by Crippen LogP contribution is -2.40. The Kier molecular flexibility index (Phi) is 6.45. The number of hydroxylamine groups is 1. The van der Waals surface area contributed by atoms with Gasteiger partial charge in [0.1, 0.15) is 17.8 Å². The summed E-state index contributed by atoms with van der Waals surface area (Å²) >= 11 is 0. The van der Waals surface area contributed by atoms with E-state index in [1.807, 2.05) is 37.3 Å². The monoisotopic (exact) mass is 513 g/mol. The minimum atomic E-state index is -0.449. The summed E-state index contributed by atoms with van der Waals surface area (Å²) in [7, 11) is 0. The van der Waals surface area contributed by atoms with E-state index in [1.165, 1.54) is 24.7 Å². The minimum Gasteiger partial charge on any atom is -0.508 e. The lowest BCUT2D eigenvalue weighted by Gasteiger charge is -2.26. The summed E-state index contributed by atoms with van der Waals surface area (Å²) in [6.07, 6.45) is 6.00. The molecular formula is C35H31NO3. The molecule has 1 atom stereocenters. The number of nitrogens with one attached hydrogen (secondary N) is 1. The number of aromatic hydroxyl groups is 1. The number of phenolic OH excluding ortho intramolecular Hbond substituents is 1. The van der Waals surface area contributed by atoms with Crippen LogP contribution in [0.3, 0.4) is 0 Å². The van der Waals surface area contributed by atoms with Gasteiger partial charge < -0.3 is 15.1 Å². The Morgan fingerprint density at radius 1 is 0.923 bits per heavy atom. The van der Waals surface area contributed by atoms with E-state index in [1.54, 1.807) is 6.07 Å². The third-order valence-corrected chi connectivity index (χ3v) is 7.69. The fraction of sp³-hybridized carbons (Fsp3) is 0.143. The van der Waals surface area contributed by atoms with Crippen LogP contribution < -0.4 is 26.4 Å². The van der Waals surface area contributed by atoms with Gasteiger partial charge in [0.25, 0.3) is 0 Å². The first-order chi connectivity index (χ1) is 19.1. The molecule has 0 spiro atoms. The molecule has 4 aromatic carbocycles. The Morgan fingerprint density at radius 2 is 1.64 bits per heavy atom. The van der Waals surface area contributed by atoms with Crippen molar-refractivity contribution in [2.45, 2.75) is 31.6 Å². The molecule has 1 unspecified atom stereocenters. The molecule has 0 bridgehead atoms. The van der Waals surface area contributed by atoms with Gasteiger partial charge in [0.15, 0.2) is 0 Å². The lowest BCUT2D eigenvalue weighted by molar-refractivity contribution is 0.216. The van der Waals surface area contributed by atoms with E-state index in [-0.39, 0.29) is 11.5 Å². The molecule has 3 N–H and O–H groups in total. The van der Waals surface area contributed by atoms with E-state index in [0.717, 1.165) is 38.0 Å². The molecule has 0 aromatic heterocycles. The normalized spacial score (nSPS) is 16.3. The van der Waals surface area contributed by atoms with Gasteiger partial charge in [-0.15, -0.1) is 0 Å². The maximum absolute atomic E-state index is 11.2. The Labute approximate surface area is 227 Å². The van der Waals surface area contributed by atoms with Crippen LogP contribution in [0.1, 0.15) is 42.7 Å². The molecule has 0 amide bonds. The van der Waals surface area contributed by atoms with Crippen molar-refractivity contribution in [2.75, 3.05) is 0 Å². The molecule has 1 saturated carbocycles. The fourth-order valence-electron chi connectivity index (χ4n) is 5.68. The van der Waals surface area contributed by atoms with Gasteiger partial charge in [-0.05, 0) is 64.4 Å². The molecule has 0 radical (unpaired) electrons. The van der Waals surface area contributed by atoms with Crippen molar-refractivity contribution in [3.63, 3.8) is 0 Å². The van der Waals surface area contributed by atoms with E-state index in [2.05, 4.69) is 72.7 Å². The largest absolute Gasteiger partial charge is 0.508 e. The minimum absolute atomic E-state index is 0.00580. The molecular weight excluding hydrogens is 482 g/mol. The number of fused-ring (bicyclic) bond motifs is 1. The Morgan fingerprint density at radius 3 is 2.33 bits per heavy atom. The summed E-state index contributed by atoms with van der Waals surface area (Å²) in [4.78, 5) is 5.67. The van der Waals surface area contributed by atoms with Gasteiger partial charge in [-0.25, -0.2) is 5.48 Å². The highest BCUT2D eigenvalue weighted by molar-refractivity contribution is 5.80. The summed E-state index contributed by atoms with van der Waals surface area (Å²) in [6, 6.07) is 30.4. The number of benzene rings is 4. The molecule has 194 valence electrons. The van der Waals surface area contributed by atoms with Crippen molar-refractivity contribution in [2.24, 2.45) is 0 Å². The first-order valence-corrected chi connectivity index (χ1v) is 13.3. The maximum Gasteiger partial charge on any atom is 0.130 e. The number of rotatable bonds is 6. The van der Waals surface area contributed by atoms with E-state index in [9.17, 15) is 10.2 Å². The summed E-state index contributed by atoms with van der Waals surface area (Å²) in [6.45, 7) is 6.09. The molecule has 2 aliphatic rings. The van der Waals surface area contributed by atoms with Gasteiger partial charge in [0.05, 0.1) is 16.8 Å². The maximum atomic E-state index is 11.2. The highest BCUT2D eigenvalue weighted by atomic mass is 16.6. The Bertz CT molecular complexity index is 1800. The second kappa shape index (κ2) is 10.2. The Hall–Kier alpha value is -4.70. The van der Waals surface area contributed by atoms with Crippen molar-refractivity contribution >= 4 is 23.6 Å². The van der Waals surface area contributed by atoms with E-state index in [0.29, 0.717) is 16.7 Å². The van der Waals surface area contributed by atoms with Crippen LogP contribution in [0.25, 0.3) is 34.7 Å². The van der Waals surface area contributed by atoms with Crippen LogP contribution in [0, 0.1) is 0 Å². The predicted octanol–water partition coefficient (Wildman–Crippen LogP) is 4.82. The quantitative estimate of drug-likeness (QED) is 0.324. The third kappa shape index (κ3) is 4.59. The Balaban J connectivity index is 1.67. The van der Waals surface area contributed by atoms with Crippen molar-refractivity contribution in [3.8, 4) is 16.9 Å². The van der Waals surface area contributed by atoms with Crippen LogP contribution in [0.2, 0.25) is 0 Å². The zero-order valence-electron chi connectivity index (χ0n) is 21.9. The zero-order valence-corrected chi connectivity index (χ0v) is 21.9. The second-order valence-electron chi connectivity index (χ2n) is 10.1. The number of hydrogen-bond acceptors (Lipinski definition) is 4. The van der Waals surface area contributed by atoms with Crippen molar-refractivity contribution < 1.29 is 15.1 Å². The van der Waals surface area contributed by atoms with Crippen molar-refractivity contribution in [1.29, 1.82) is 0 Å². The standard InChI is InChI=1S/C35H31NO3/c1-3-27-28(25-17-18-25)11-7-12-29(27)33(22(2)37)34(35-30-13-8-14-32(38)31(30)21-39-36-35)26-19-15-24(16-20-26)23-9-5-4-6-10-23/h3-16,19-21,25,34,36-38H,2,17-18H2,1H3/b27-3-,33-29+. The van der Waals surface area contributed by atoms with Gasteiger partial charge >= 0.3 is 0 Å². The highest BCUT2D eigenvalue weighted by Crippen LogP contribution is 2.39. The summed E-state index contributed by atoms with van der Waals surface area (Å²) in [5, 5.41) is 25.3. The number of aliphatic hydroxyl groups is 1. The van der Waals surface area contributed by atoms with Crippen LogP contribution in [0.15, 0.2) is 103 Å². The molecule has 0 saturated heterocycles. The molecule has 39 heavy (non-hydrogen) atoms. The van der Waals surface area contributed by atoms with Crippen LogP contribution in [-0.2, 0) is 4.84 Å². The molecule has 1 heterocycles. The van der Waals surface area contributed by atoms with Crippen LogP contribution in [0.4, 0.5) is 0 Å². The predicted molar refractivity (Wildman–Crippen MR) is 157 cm³/mol. The van der Waals surface area contributed by atoms with Gasteiger partial charge in [-0.2, -0.15) is 0 Å². The molecule has 1 fully saturated rings. The lowest BCUT2D eigenvalue weighted by atomic mass is 9.83. The summed E-state index contributed by atoms with van der Waals surface area (Å²) < 4.78 is 0. The van der Waals surface area contributed by atoms with E-state index < -0.39 is 5.92 Å². The van der Waals surface area contributed by atoms with Crippen molar-refractivity contribution in [3.05, 3.63) is 135 Å². The van der Waals surface area contributed by atoms with Gasteiger partial charge in [-0.3, -0.25) is 0 Å². The van der Waals surface area contributed by atoms with E-state index >= 15 is 0 Å². The molecule has 1 aliphatic carbocycles. The molecule has 4 aromatic rings. The molecule has 6 rings (SSSR count). The van der Waals surface area contributed by atoms with Crippen LogP contribution in [0.5, 0.6) is 5.75 Å². The average molecular weight is 514 g/mol.